The van der Waals surface area contributed by atoms with Crippen LogP contribution in [0.1, 0.15) is 17.0 Å². The molecule has 2 rings (SSSR count). The third kappa shape index (κ3) is 2.38. The maximum Gasteiger partial charge on any atom is 0.122 e. The van der Waals surface area contributed by atoms with Gasteiger partial charge in [0, 0.05) is 12.0 Å². The lowest BCUT2D eigenvalue weighted by molar-refractivity contribution is 0.297. The van der Waals surface area contributed by atoms with Gasteiger partial charge in [0.05, 0.1) is 25.6 Å². The van der Waals surface area contributed by atoms with Crippen molar-refractivity contribution in [3.8, 4) is 17.0 Å². The van der Waals surface area contributed by atoms with Crippen LogP contribution in [-0.4, -0.2) is 28.8 Å². The predicted octanol–water partition coefficient (Wildman–Crippen LogP) is 2.24. The first-order chi connectivity index (χ1) is 8.65. The molecule has 0 saturated heterocycles. The number of nitrogens with one attached hydrogen (secondary N) is 1. The first-order valence-electron chi connectivity index (χ1n) is 5.96. The molecule has 0 atom stereocenters. The summed E-state index contributed by atoms with van der Waals surface area (Å²) in [6.45, 7) is 4.17. The van der Waals surface area contributed by atoms with Gasteiger partial charge in [0.25, 0.3) is 0 Å². The number of aliphatic hydroxyl groups excluding tert-OH is 1. The van der Waals surface area contributed by atoms with Crippen molar-refractivity contribution in [3.05, 3.63) is 35.3 Å². The Balaban J connectivity index is 2.40. The summed E-state index contributed by atoms with van der Waals surface area (Å²) in [6.07, 6.45) is 2.35. The largest absolute Gasteiger partial charge is 0.496 e. The molecule has 96 valence electrons. The summed E-state index contributed by atoms with van der Waals surface area (Å²) in [5.41, 5.74) is 4.32. The molecule has 0 bridgehead atoms. The lowest BCUT2D eigenvalue weighted by Gasteiger charge is -2.10. The molecule has 0 fully saturated rings. The number of hydrogen-bond donors (Lipinski definition) is 2. The van der Waals surface area contributed by atoms with Crippen LogP contribution in [0.3, 0.4) is 0 Å². The van der Waals surface area contributed by atoms with Gasteiger partial charge in [-0.2, -0.15) is 0 Å². The zero-order valence-electron chi connectivity index (χ0n) is 10.9. The van der Waals surface area contributed by atoms with Gasteiger partial charge in [-0.25, -0.2) is 4.98 Å². The predicted molar refractivity (Wildman–Crippen MR) is 70.8 cm³/mol. The number of aromatic nitrogens is 2. The highest BCUT2D eigenvalue weighted by atomic mass is 16.5. The van der Waals surface area contributed by atoms with Gasteiger partial charge in [-0.1, -0.05) is 0 Å². The minimum absolute atomic E-state index is 0.105. The second-order valence-electron chi connectivity index (χ2n) is 4.35. The van der Waals surface area contributed by atoms with Crippen molar-refractivity contribution in [1.29, 1.82) is 0 Å². The fourth-order valence-corrected chi connectivity index (χ4v) is 2.03. The maximum absolute atomic E-state index is 8.89. The summed E-state index contributed by atoms with van der Waals surface area (Å²) in [4.78, 5) is 7.47. The molecule has 4 nitrogen and oxygen atoms in total. The molecule has 0 radical (unpaired) electrons. The molecule has 0 aliphatic rings. The van der Waals surface area contributed by atoms with Crippen LogP contribution in [0.5, 0.6) is 5.75 Å². The third-order valence-electron chi connectivity index (χ3n) is 3.01. The van der Waals surface area contributed by atoms with Crippen molar-refractivity contribution in [2.75, 3.05) is 13.7 Å². The summed E-state index contributed by atoms with van der Waals surface area (Å²) < 4.78 is 5.30. The van der Waals surface area contributed by atoms with Crippen LogP contribution in [0, 0.1) is 13.8 Å². The van der Waals surface area contributed by atoms with Crippen LogP contribution in [0.2, 0.25) is 0 Å². The number of aliphatic hydroxyl groups is 1. The van der Waals surface area contributed by atoms with Crippen molar-refractivity contribution < 1.29 is 9.84 Å². The lowest BCUT2D eigenvalue weighted by Crippen LogP contribution is -1.94. The van der Waals surface area contributed by atoms with Gasteiger partial charge >= 0.3 is 0 Å². The standard InChI is InChI=1S/C14H18N2O2/c1-9-7-13(18-3)10(2)6-11(9)12-8-15-14(16-12)4-5-17/h6-8,17H,4-5H2,1-3H3,(H,15,16). The van der Waals surface area contributed by atoms with Crippen LogP contribution < -0.4 is 4.74 Å². The number of rotatable bonds is 4. The third-order valence-corrected chi connectivity index (χ3v) is 3.01. The Morgan fingerprint density at radius 2 is 2.06 bits per heavy atom. The normalized spacial score (nSPS) is 10.7. The van der Waals surface area contributed by atoms with Gasteiger partial charge in [-0.05, 0) is 37.1 Å². The van der Waals surface area contributed by atoms with E-state index in [1.54, 1.807) is 13.3 Å². The zero-order valence-corrected chi connectivity index (χ0v) is 10.9. The van der Waals surface area contributed by atoms with Crippen LogP contribution in [-0.2, 0) is 6.42 Å². The molecule has 4 heteroatoms. The number of imidazole rings is 1. The van der Waals surface area contributed by atoms with Gasteiger partial charge in [-0.15, -0.1) is 0 Å². The van der Waals surface area contributed by atoms with E-state index in [2.05, 4.69) is 16.0 Å². The molecule has 1 heterocycles. The second kappa shape index (κ2) is 5.23. The second-order valence-corrected chi connectivity index (χ2v) is 4.35. The molecular formula is C14H18N2O2. The fraction of sp³-hybridized carbons (Fsp3) is 0.357. The molecule has 0 aliphatic carbocycles. The Hall–Kier alpha value is -1.81. The van der Waals surface area contributed by atoms with Crippen LogP contribution in [0.15, 0.2) is 18.3 Å². The number of nitrogens with zero attached hydrogens (tertiary/aromatic N) is 1. The maximum atomic E-state index is 8.89. The highest BCUT2D eigenvalue weighted by Crippen LogP contribution is 2.28. The minimum Gasteiger partial charge on any atom is -0.496 e. The molecule has 0 spiro atoms. The molecule has 2 N–H and O–H groups in total. The highest BCUT2D eigenvalue weighted by molar-refractivity contribution is 5.66. The molecule has 0 saturated carbocycles. The van der Waals surface area contributed by atoms with E-state index in [0.29, 0.717) is 6.42 Å². The van der Waals surface area contributed by atoms with Crippen molar-refractivity contribution in [2.24, 2.45) is 0 Å². The summed E-state index contributed by atoms with van der Waals surface area (Å²) in [5.74, 6) is 1.70. The van der Waals surface area contributed by atoms with Crippen LogP contribution in [0.4, 0.5) is 0 Å². The minimum atomic E-state index is 0.105. The number of hydrogen-bond acceptors (Lipinski definition) is 3. The number of aromatic amines is 1. The van der Waals surface area contributed by atoms with Gasteiger partial charge in [0.2, 0.25) is 0 Å². The molecule has 0 amide bonds. The monoisotopic (exact) mass is 246 g/mol. The van der Waals surface area contributed by atoms with Crippen LogP contribution in [0.25, 0.3) is 11.3 Å². The topological polar surface area (TPSA) is 58.1 Å². The molecule has 1 aromatic carbocycles. The average Bonchev–Trinajstić information content (AvgIpc) is 2.80. The van der Waals surface area contributed by atoms with E-state index in [9.17, 15) is 0 Å². The van der Waals surface area contributed by atoms with Gasteiger partial charge in [0.15, 0.2) is 0 Å². The number of H-pyrrole nitrogens is 1. The Kier molecular flexibility index (Phi) is 3.67. The number of aryl methyl sites for hydroxylation is 2. The zero-order chi connectivity index (χ0) is 13.1. The average molecular weight is 246 g/mol. The van der Waals surface area contributed by atoms with Crippen molar-refractivity contribution >= 4 is 0 Å². The molecule has 18 heavy (non-hydrogen) atoms. The molecule has 0 unspecified atom stereocenters. The molecular weight excluding hydrogens is 228 g/mol. The van der Waals surface area contributed by atoms with E-state index in [-0.39, 0.29) is 6.61 Å². The van der Waals surface area contributed by atoms with E-state index in [4.69, 9.17) is 9.84 Å². The Labute approximate surface area is 107 Å². The summed E-state index contributed by atoms with van der Waals surface area (Å²) >= 11 is 0. The quantitative estimate of drug-likeness (QED) is 0.869. The molecule has 0 aliphatic heterocycles. The van der Waals surface area contributed by atoms with Crippen molar-refractivity contribution in [1.82, 2.24) is 9.97 Å². The first-order valence-corrected chi connectivity index (χ1v) is 5.96. The SMILES string of the molecule is COc1cc(C)c(-c2cnc(CCO)[nH]2)cc1C. The highest BCUT2D eigenvalue weighted by Gasteiger charge is 2.09. The smallest absolute Gasteiger partial charge is 0.122 e. The van der Waals surface area contributed by atoms with Crippen molar-refractivity contribution in [2.45, 2.75) is 20.3 Å². The summed E-state index contributed by atoms with van der Waals surface area (Å²) in [5, 5.41) is 8.89. The number of benzene rings is 1. The number of ether oxygens (including phenoxy) is 1. The Bertz CT molecular complexity index is 547. The van der Waals surface area contributed by atoms with Gasteiger partial charge in [-0.3, -0.25) is 0 Å². The van der Waals surface area contributed by atoms with E-state index in [1.165, 1.54) is 0 Å². The summed E-state index contributed by atoms with van der Waals surface area (Å²) in [6, 6.07) is 4.11. The van der Waals surface area contributed by atoms with Crippen LogP contribution >= 0.6 is 0 Å². The molecule has 1 aromatic heterocycles. The van der Waals surface area contributed by atoms with E-state index < -0.39 is 0 Å². The van der Waals surface area contributed by atoms with Crippen molar-refractivity contribution in [3.63, 3.8) is 0 Å². The van der Waals surface area contributed by atoms with E-state index in [0.717, 1.165) is 34.0 Å². The van der Waals surface area contributed by atoms with E-state index in [1.807, 2.05) is 19.9 Å². The molecule has 2 aromatic rings. The Morgan fingerprint density at radius 3 is 2.72 bits per heavy atom. The lowest BCUT2D eigenvalue weighted by atomic mass is 10.0. The fourth-order valence-electron chi connectivity index (χ4n) is 2.03. The van der Waals surface area contributed by atoms with E-state index >= 15 is 0 Å². The Morgan fingerprint density at radius 1 is 1.28 bits per heavy atom. The summed E-state index contributed by atoms with van der Waals surface area (Å²) in [7, 11) is 1.68. The number of methoxy groups -OCH3 is 1. The van der Waals surface area contributed by atoms with Gasteiger partial charge in [0.1, 0.15) is 11.6 Å². The van der Waals surface area contributed by atoms with Gasteiger partial charge < -0.3 is 14.8 Å². The first kappa shape index (κ1) is 12.6.